The average Bonchev–Trinajstić information content (AvgIpc) is 3.02. The van der Waals surface area contributed by atoms with E-state index in [1.54, 1.807) is 42.5 Å². The molecule has 4 rings (SSSR count). The lowest BCUT2D eigenvalue weighted by molar-refractivity contribution is -0.135. The Morgan fingerprint density at radius 1 is 0.828 bits per heavy atom. The highest BCUT2D eigenvalue weighted by molar-refractivity contribution is 7.92. The molecular weight excluding hydrogens is 386 g/mol. The number of ketones is 1. The smallest absolute Gasteiger partial charge is 0.223 e. The Morgan fingerprint density at radius 3 is 1.97 bits per heavy atom. The van der Waals surface area contributed by atoms with Crippen molar-refractivity contribution in [2.75, 3.05) is 0 Å². The normalized spacial score (nSPS) is 23.7. The monoisotopic (exact) mass is 411 g/mol. The number of fused-ring (bicyclic) bond motifs is 2. The summed E-state index contributed by atoms with van der Waals surface area (Å²) in [5.41, 5.74) is 0.621. The summed E-state index contributed by atoms with van der Waals surface area (Å²) >= 11 is 0. The highest BCUT2D eigenvalue weighted by atomic mass is 32.2. The van der Waals surface area contributed by atoms with Crippen molar-refractivity contribution in [2.45, 2.75) is 60.8 Å². The molecule has 2 aliphatic rings. The number of amides is 1. The molecule has 2 unspecified atom stereocenters. The molecule has 2 aliphatic heterocycles. The van der Waals surface area contributed by atoms with Crippen LogP contribution in [-0.2, 0) is 14.6 Å². The lowest BCUT2D eigenvalue weighted by atomic mass is 10.0. The van der Waals surface area contributed by atoms with Gasteiger partial charge in [0.2, 0.25) is 5.91 Å². The quantitative estimate of drug-likeness (QED) is 0.681. The molecule has 2 fully saturated rings. The van der Waals surface area contributed by atoms with E-state index in [1.165, 1.54) is 0 Å². The van der Waals surface area contributed by atoms with Crippen LogP contribution in [0.2, 0.25) is 0 Å². The number of nitrogens with zero attached hydrogens (tertiary/aromatic N) is 1. The van der Waals surface area contributed by atoms with Crippen molar-refractivity contribution < 1.29 is 18.0 Å². The largest absolute Gasteiger partial charge is 0.337 e. The van der Waals surface area contributed by atoms with Gasteiger partial charge in [-0.05, 0) is 37.8 Å². The van der Waals surface area contributed by atoms with E-state index in [9.17, 15) is 18.0 Å². The van der Waals surface area contributed by atoms with Gasteiger partial charge in [-0.3, -0.25) is 9.59 Å². The zero-order valence-electron chi connectivity index (χ0n) is 16.2. The summed E-state index contributed by atoms with van der Waals surface area (Å²) in [6.45, 7) is 0. The highest BCUT2D eigenvalue weighted by Gasteiger charge is 2.46. The first-order chi connectivity index (χ1) is 14.0. The van der Waals surface area contributed by atoms with Gasteiger partial charge >= 0.3 is 0 Å². The molecule has 6 heteroatoms. The first-order valence-corrected chi connectivity index (χ1v) is 11.7. The molecule has 2 heterocycles. The molecule has 2 aromatic rings. The van der Waals surface area contributed by atoms with E-state index < -0.39 is 15.1 Å². The predicted octanol–water partition coefficient (Wildman–Crippen LogP) is 3.65. The highest BCUT2D eigenvalue weighted by Crippen LogP contribution is 2.40. The Bertz CT molecular complexity index is 974. The Labute approximate surface area is 171 Å². The van der Waals surface area contributed by atoms with E-state index in [0.29, 0.717) is 23.3 Å². The maximum absolute atomic E-state index is 13.0. The van der Waals surface area contributed by atoms with Crippen molar-refractivity contribution in [1.29, 1.82) is 0 Å². The van der Waals surface area contributed by atoms with Crippen molar-refractivity contribution in [3.05, 3.63) is 66.2 Å². The van der Waals surface area contributed by atoms with Crippen LogP contribution in [0.15, 0.2) is 65.6 Å². The number of piperidine rings is 1. The van der Waals surface area contributed by atoms with Crippen LogP contribution in [0.3, 0.4) is 0 Å². The second-order valence-corrected chi connectivity index (χ2v) is 10.2. The van der Waals surface area contributed by atoms with Crippen molar-refractivity contribution >= 4 is 21.5 Å². The third-order valence-corrected chi connectivity index (χ3v) is 8.34. The SMILES string of the molecule is O=C(CCC(=O)N1C2CCC1CC(S(=O)(=O)c1ccccc1)C2)c1ccccc1. The van der Waals surface area contributed by atoms with Gasteiger partial charge in [0.05, 0.1) is 10.1 Å². The fraction of sp³-hybridized carbons (Fsp3) is 0.391. The lowest BCUT2D eigenvalue weighted by Gasteiger charge is -2.38. The van der Waals surface area contributed by atoms with Gasteiger partial charge in [0, 0.05) is 30.5 Å². The third kappa shape index (κ3) is 3.99. The van der Waals surface area contributed by atoms with Gasteiger partial charge in [0.1, 0.15) is 0 Å². The van der Waals surface area contributed by atoms with Crippen LogP contribution in [-0.4, -0.2) is 42.3 Å². The summed E-state index contributed by atoms with van der Waals surface area (Å²) in [7, 11) is -3.39. The second-order valence-electron chi connectivity index (χ2n) is 7.93. The number of carbonyl (C=O) groups excluding carboxylic acids is 2. The summed E-state index contributed by atoms with van der Waals surface area (Å²) in [5.74, 6) is -0.0646. The molecule has 152 valence electrons. The molecule has 0 radical (unpaired) electrons. The number of rotatable bonds is 6. The van der Waals surface area contributed by atoms with Gasteiger partial charge in [-0.2, -0.15) is 0 Å². The summed E-state index contributed by atoms with van der Waals surface area (Å²) in [6, 6.07) is 17.5. The van der Waals surface area contributed by atoms with Gasteiger partial charge < -0.3 is 4.90 Å². The Kier molecular flexibility index (Phi) is 5.54. The third-order valence-electron chi connectivity index (χ3n) is 6.15. The Balaban J connectivity index is 1.40. The van der Waals surface area contributed by atoms with E-state index in [2.05, 4.69) is 0 Å². The lowest BCUT2D eigenvalue weighted by Crippen LogP contribution is -2.49. The first-order valence-electron chi connectivity index (χ1n) is 10.1. The van der Waals surface area contributed by atoms with Crippen LogP contribution in [0, 0.1) is 0 Å². The fourth-order valence-electron chi connectivity index (χ4n) is 4.71. The number of carbonyl (C=O) groups is 2. The van der Waals surface area contributed by atoms with Crippen molar-refractivity contribution in [3.8, 4) is 0 Å². The minimum absolute atomic E-state index is 0.0302. The summed E-state index contributed by atoms with van der Waals surface area (Å²) in [6.07, 6.45) is 2.99. The number of benzene rings is 2. The van der Waals surface area contributed by atoms with E-state index in [0.717, 1.165) is 12.8 Å². The van der Waals surface area contributed by atoms with Crippen LogP contribution < -0.4 is 0 Å². The molecule has 5 nitrogen and oxygen atoms in total. The van der Waals surface area contributed by atoms with Gasteiger partial charge in [0.25, 0.3) is 0 Å². The fourth-order valence-corrected chi connectivity index (χ4v) is 6.58. The molecule has 0 spiro atoms. The summed E-state index contributed by atoms with van der Waals surface area (Å²) < 4.78 is 26.0. The molecule has 2 aromatic carbocycles. The topological polar surface area (TPSA) is 71.5 Å². The van der Waals surface area contributed by atoms with Crippen molar-refractivity contribution in [1.82, 2.24) is 4.90 Å². The molecule has 2 atom stereocenters. The van der Waals surface area contributed by atoms with E-state index in [1.807, 2.05) is 23.1 Å². The van der Waals surface area contributed by atoms with Gasteiger partial charge in [-0.25, -0.2) is 8.42 Å². The average molecular weight is 412 g/mol. The zero-order valence-corrected chi connectivity index (χ0v) is 17.1. The molecule has 1 amide bonds. The Hall–Kier alpha value is -2.47. The molecule has 2 saturated heterocycles. The van der Waals surface area contributed by atoms with Gasteiger partial charge in [0.15, 0.2) is 15.6 Å². The van der Waals surface area contributed by atoms with E-state index >= 15 is 0 Å². The van der Waals surface area contributed by atoms with Crippen LogP contribution in [0.1, 0.15) is 48.9 Å². The number of sulfone groups is 1. The van der Waals surface area contributed by atoms with E-state index in [4.69, 9.17) is 0 Å². The molecule has 0 aromatic heterocycles. The minimum Gasteiger partial charge on any atom is -0.337 e. The summed E-state index contributed by atoms with van der Waals surface area (Å²) in [5, 5.41) is -0.447. The zero-order chi connectivity index (χ0) is 20.4. The maximum Gasteiger partial charge on any atom is 0.223 e. The second kappa shape index (κ2) is 8.11. The van der Waals surface area contributed by atoms with E-state index in [-0.39, 0.29) is 36.6 Å². The molecule has 29 heavy (non-hydrogen) atoms. The van der Waals surface area contributed by atoms with Crippen molar-refractivity contribution in [3.63, 3.8) is 0 Å². The number of hydrogen-bond acceptors (Lipinski definition) is 4. The predicted molar refractivity (Wildman–Crippen MR) is 110 cm³/mol. The summed E-state index contributed by atoms with van der Waals surface area (Å²) in [4.78, 5) is 27.4. The Morgan fingerprint density at radius 2 is 1.38 bits per heavy atom. The van der Waals surface area contributed by atoms with Crippen LogP contribution in [0.25, 0.3) is 0 Å². The van der Waals surface area contributed by atoms with Gasteiger partial charge in [-0.15, -0.1) is 0 Å². The molecular formula is C23H25NO4S. The number of hydrogen-bond donors (Lipinski definition) is 0. The molecule has 0 N–H and O–H groups in total. The van der Waals surface area contributed by atoms with Crippen LogP contribution in [0.5, 0.6) is 0 Å². The molecule has 0 aliphatic carbocycles. The molecule has 0 saturated carbocycles. The van der Waals surface area contributed by atoms with Crippen LogP contribution in [0.4, 0.5) is 0 Å². The minimum atomic E-state index is -3.39. The molecule has 2 bridgehead atoms. The standard InChI is InChI=1S/C23H25NO4S/c25-22(17-7-3-1-4-8-17)13-14-23(26)24-18-11-12-19(24)16-21(15-18)29(27,28)20-9-5-2-6-10-20/h1-10,18-19,21H,11-16H2. The number of Topliss-reactive ketones (excluding diaryl/α,β-unsaturated/α-hetero) is 1. The maximum atomic E-state index is 13.0. The van der Waals surface area contributed by atoms with Crippen molar-refractivity contribution in [2.24, 2.45) is 0 Å². The van der Waals surface area contributed by atoms with Crippen LogP contribution >= 0.6 is 0 Å². The first kappa shape index (κ1) is 19.8. The van der Waals surface area contributed by atoms with Gasteiger partial charge in [-0.1, -0.05) is 48.5 Å².